The lowest BCUT2D eigenvalue weighted by Gasteiger charge is -2.11. The van der Waals surface area contributed by atoms with Gasteiger partial charge in [0.15, 0.2) is 0 Å². The van der Waals surface area contributed by atoms with Gasteiger partial charge in [0.2, 0.25) is 0 Å². The molecule has 0 unspecified atom stereocenters. The summed E-state index contributed by atoms with van der Waals surface area (Å²) in [5.41, 5.74) is 1.20. The highest BCUT2D eigenvalue weighted by Crippen LogP contribution is 2.17. The van der Waals surface area contributed by atoms with Crippen LogP contribution in [0.25, 0.3) is 0 Å². The molecule has 8 nitrogen and oxygen atoms in total. The maximum Gasteiger partial charge on any atom is 0.323 e. The molecule has 0 saturated carbocycles. The number of anilines is 2. The molecule has 3 N–H and O–H groups in total. The number of hydrogen-bond donors (Lipinski definition) is 3. The average molecular weight is 454 g/mol. The van der Waals surface area contributed by atoms with Crippen LogP contribution >= 0.6 is 0 Å². The molecule has 3 aromatic rings. The normalized spacial score (nSPS) is 11.0. The van der Waals surface area contributed by atoms with Crippen LogP contribution in [0.5, 0.6) is 5.75 Å². The molecule has 0 aliphatic carbocycles. The molecule has 0 aliphatic rings. The van der Waals surface area contributed by atoms with E-state index in [4.69, 9.17) is 4.74 Å². The van der Waals surface area contributed by atoms with Crippen molar-refractivity contribution >= 4 is 33.3 Å². The summed E-state index contributed by atoms with van der Waals surface area (Å²) in [6.45, 7) is 3.76. The van der Waals surface area contributed by atoms with Gasteiger partial charge in [-0.2, -0.15) is 0 Å². The SMILES string of the molecule is CC(C)Oc1ccc(C(=O)NS(=O)(=O)c2ccc(NC(=O)Nc3ccccc3)cc2)cc1. The molecular weight excluding hydrogens is 430 g/mol. The van der Waals surface area contributed by atoms with E-state index in [9.17, 15) is 18.0 Å². The molecular formula is C23H23N3O5S. The summed E-state index contributed by atoms with van der Waals surface area (Å²) in [5.74, 6) is -0.177. The minimum Gasteiger partial charge on any atom is -0.491 e. The first-order valence-corrected chi connectivity index (χ1v) is 11.3. The number of para-hydroxylation sites is 1. The first kappa shape index (κ1) is 22.8. The summed E-state index contributed by atoms with van der Waals surface area (Å²) in [6.07, 6.45) is -0.0167. The van der Waals surface area contributed by atoms with Gasteiger partial charge < -0.3 is 15.4 Å². The average Bonchev–Trinajstić information content (AvgIpc) is 2.74. The molecule has 3 aromatic carbocycles. The van der Waals surface area contributed by atoms with Gasteiger partial charge in [-0.1, -0.05) is 18.2 Å². The first-order valence-electron chi connectivity index (χ1n) is 9.80. The number of sulfonamides is 1. The Kier molecular flexibility index (Phi) is 7.11. The standard InChI is InChI=1S/C23H23N3O5S/c1-16(2)31-20-12-8-17(9-13-20)22(27)26-32(29,30)21-14-10-19(11-15-21)25-23(28)24-18-6-4-3-5-7-18/h3-16H,1-2H3,(H,26,27)(H2,24,25,28). The topological polar surface area (TPSA) is 114 Å². The summed E-state index contributed by atoms with van der Waals surface area (Å²) in [4.78, 5) is 24.3. The summed E-state index contributed by atoms with van der Waals surface area (Å²) in [5, 5.41) is 5.27. The molecule has 9 heteroatoms. The van der Waals surface area contributed by atoms with Crippen LogP contribution in [-0.4, -0.2) is 26.5 Å². The van der Waals surface area contributed by atoms with Crippen molar-refractivity contribution < 1.29 is 22.7 Å². The number of carbonyl (C=O) groups excluding carboxylic acids is 2. The van der Waals surface area contributed by atoms with Gasteiger partial charge in [-0.15, -0.1) is 0 Å². The fraction of sp³-hybridized carbons (Fsp3) is 0.130. The number of benzene rings is 3. The molecule has 0 atom stereocenters. The van der Waals surface area contributed by atoms with Crippen LogP contribution in [0.2, 0.25) is 0 Å². The molecule has 0 heterocycles. The van der Waals surface area contributed by atoms with E-state index < -0.39 is 22.0 Å². The fourth-order valence-corrected chi connectivity index (χ4v) is 3.70. The van der Waals surface area contributed by atoms with Gasteiger partial charge in [-0.25, -0.2) is 17.9 Å². The second-order valence-electron chi connectivity index (χ2n) is 7.10. The Morgan fingerprint density at radius 2 is 1.34 bits per heavy atom. The van der Waals surface area contributed by atoms with Gasteiger partial charge in [0.25, 0.3) is 15.9 Å². The Morgan fingerprint density at radius 1 is 0.781 bits per heavy atom. The number of nitrogens with one attached hydrogen (secondary N) is 3. The largest absolute Gasteiger partial charge is 0.491 e. The van der Waals surface area contributed by atoms with Crippen molar-refractivity contribution in [1.82, 2.24) is 4.72 Å². The molecule has 3 rings (SSSR count). The number of ether oxygens (including phenoxy) is 1. The van der Waals surface area contributed by atoms with Crippen LogP contribution in [0.4, 0.5) is 16.2 Å². The summed E-state index contributed by atoms with van der Waals surface area (Å²) in [6, 6.07) is 20.1. The Bertz CT molecular complexity index is 1180. The van der Waals surface area contributed by atoms with Crippen molar-refractivity contribution in [2.45, 2.75) is 24.8 Å². The smallest absolute Gasteiger partial charge is 0.323 e. The molecule has 0 aliphatic heterocycles. The van der Waals surface area contributed by atoms with Gasteiger partial charge in [0.1, 0.15) is 5.75 Å². The zero-order valence-electron chi connectivity index (χ0n) is 17.5. The second kappa shape index (κ2) is 9.97. The van der Waals surface area contributed by atoms with E-state index in [0.717, 1.165) is 0 Å². The minimum atomic E-state index is -4.09. The molecule has 0 bridgehead atoms. The van der Waals surface area contributed by atoms with Crippen LogP contribution in [-0.2, 0) is 10.0 Å². The van der Waals surface area contributed by atoms with Crippen molar-refractivity contribution in [2.75, 3.05) is 10.6 Å². The minimum absolute atomic E-state index is 0.0167. The van der Waals surface area contributed by atoms with Crippen LogP contribution < -0.4 is 20.1 Å². The van der Waals surface area contributed by atoms with Crippen LogP contribution in [0, 0.1) is 0 Å². The lowest BCUT2D eigenvalue weighted by atomic mass is 10.2. The molecule has 0 aromatic heterocycles. The number of rotatable bonds is 7. The number of hydrogen-bond acceptors (Lipinski definition) is 5. The quantitative estimate of drug-likeness (QED) is 0.495. The molecule has 32 heavy (non-hydrogen) atoms. The Hall–Kier alpha value is -3.85. The maximum atomic E-state index is 12.5. The van der Waals surface area contributed by atoms with Gasteiger partial charge in [-0.05, 0) is 74.5 Å². The Morgan fingerprint density at radius 3 is 1.91 bits per heavy atom. The molecule has 0 fully saturated rings. The zero-order chi connectivity index (χ0) is 23.1. The highest BCUT2D eigenvalue weighted by Gasteiger charge is 2.19. The summed E-state index contributed by atoms with van der Waals surface area (Å²) >= 11 is 0. The van der Waals surface area contributed by atoms with Gasteiger partial charge in [0, 0.05) is 16.9 Å². The predicted molar refractivity (Wildman–Crippen MR) is 122 cm³/mol. The lowest BCUT2D eigenvalue weighted by Crippen LogP contribution is -2.30. The second-order valence-corrected chi connectivity index (χ2v) is 8.78. The summed E-state index contributed by atoms with van der Waals surface area (Å²) < 4.78 is 32.6. The van der Waals surface area contributed by atoms with E-state index >= 15 is 0 Å². The van der Waals surface area contributed by atoms with E-state index in [1.54, 1.807) is 36.4 Å². The van der Waals surface area contributed by atoms with E-state index in [-0.39, 0.29) is 16.6 Å². The lowest BCUT2D eigenvalue weighted by molar-refractivity contribution is 0.0981. The van der Waals surface area contributed by atoms with Gasteiger partial charge >= 0.3 is 6.03 Å². The van der Waals surface area contributed by atoms with E-state index in [0.29, 0.717) is 17.1 Å². The first-order chi connectivity index (χ1) is 15.2. The molecule has 3 amide bonds. The van der Waals surface area contributed by atoms with Crippen molar-refractivity contribution in [3.63, 3.8) is 0 Å². The monoisotopic (exact) mass is 453 g/mol. The Labute approximate surface area is 186 Å². The van der Waals surface area contributed by atoms with Crippen LogP contribution in [0.15, 0.2) is 83.8 Å². The third-order valence-electron chi connectivity index (χ3n) is 4.17. The molecule has 0 spiro atoms. The van der Waals surface area contributed by atoms with Crippen molar-refractivity contribution in [2.24, 2.45) is 0 Å². The zero-order valence-corrected chi connectivity index (χ0v) is 18.3. The molecule has 166 valence electrons. The fourth-order valence-electron chi connectivity index (χ4n) is 2.73. The third-order valence-corrected chi connectivity index (χ3v) is 5.52. The number of urea groups is 1. The van der Waals surface area contributed by atoms with Gasteiger partial charge in [0.05, 0.1) is 11.0 Å². The number of amides is 3. The van der Waals surface area contributed by atoms with Crippen LogP contribution in [0.3, 0.4) is 0 Å². The van der Waals surface area contributed by atoms with Crippen molar-refractivity contribution in [3.05, 3.63) is 84.4 Å². The highest BCUT2D eigenvalue weighted by molar-refractivity contribution is 7.90. The molecule has 0 saturated heterocycles. The predicted octanol–water partition coefficient (Wildman–Crippen LogP) is 4.24. The van der Waals surface area contributed by atoms with Crippen molar-refractivity contribution in [1.29, 1.82) is 0 Å². The van der Waals surface area contributed by atoms with Crippen LogP contribution in [0.1, 0.15) is 24.2 Å². The van der Waals surface area contributed by atoms with E-state index in [1.165, 1.54) is 36.4 Å². The van der Waals surface area contributed by atoms with Crippen molar-refractivity contribution in [3.8, 4) is 5.75 Å². The summed E-state index contributed by atoms with van der Waals surface area (Å²) in [7, 11) is -4.09. The Balaban J connectivity index is 1.61. The van der Waals surface area contributed by atoms with E-state index in [1.807, 2.05) is 24.6 Å². The number of carbonyl (C=O) groups is 2. The highest BCUT2D eigenvalue weighted by atomic mass is 32.2. The van der Waals surface area contributed by atoms with Gasteiger partial charge in [-0.3, -0.25) is 4.79 Å². The maximum absolute atomic E-state index is 12.5. The van der Waals surface area contributed by atoms with E-state index in [2.05, 4.69) is 10.6 Å². The molecule has 0 radical (unpaired) electrons. The third kappa shape index (κ3) is 6.32.